The predicted molar refractivity (Wildman–Crippen MR) is 74.7 cm³/mol. The molecule has 18 heavy (non-hydrogen) atoms. The molecule has 1 unspecified atom stereocenters. The second kappa shape index (κ2) is 6.56. The van der Waals surface area contributed by atoms with Gasteiger partial charge in [-0.3, -0.25) is 4.68 Å². The first-order valence-electron chi connectivity index (χ1n) is 5.97. The third kappa shape index (κ3) is 3.58. The van der Waals surface area contributed by atoms with Crippen molar-refractivity contribution in [3.8, 4) is 0 Å². The van der Waals surface area contributed by atoms with E-state index in [-0.39, 0.29) is 0 Å². The molecule has 1 aromatic heterocycles. The number of nitrogens with zero attached hydrogens (tertiary/aromatic N) is 3. The molecule has 4 nitrogen and oxygen atoms in total. The summed E-state index contributed by atoms with van der Waals surface area (Å²) in [4.78, 5) is 5.56. The molecule has 1 aromatic carbocycles. The zero-order valence-corrected chi connectivity index (χ0v) is 11.5. The van der Waals surface area contributed by atoms with Crippen LogP contribution in [-0.4, -0.2) is 33.6 Å². The van der Waals surface area contributed by atoms with E-state index >= 15 is 0 Å². The summed E-state index contributed by atoms with van der Waals surface area (Å²) in [5, 5.41) is 7.43. The highest BCUT2D eigenvalue weighted by molar-refractivity contribution is 7.99. The van der Waals surface area contributed by atoms with Crippen molar-refractivity contribution in [2.45, 2.75) is 17.4 Å². The molecule has 0 aliphatic rings. The first kappa shape index (κ1) is 13.1. The topological polar surface area (TPSA) is 42.7 Å². The molecule has 96 valence electrons. The number of aryl methyl sites for hydroxylation is 1. The minimum Gasteiger partial charge on any atom is -0.316 e. The summed E-state index contributed by atoms with van der Waals surface area (Å²) in [6.07, 6.45) is 2.50. The highest BCUT2D eigenvalue weighted by atomic mass is 32.2. The number of thioether (sulfide) groups is 1. The molecule has 0 amide bonds. The minimum atomic E-state index is 0.401. The van der Waals surface area contributed by atoms with E-state index < -0.39 is 0 Å². The van der Waals surface area contributed by atoms with Crippen LogP contribution in [-0.2, 0) is 13.5 Å². The minimum absolute atomic E-state index is 0.401. The van der Waals surface area contributed by atoms with Crippen LogP contribution in [0.4, 0.5) is 0 Å². The number of benzene rings is 1. The lowest BCUT2D eigenvalue weighted by Gasteiger charge is -2.15. The van der Waals surface area contributed by atoms with Crippen molar-refractivity contribution in [1.29, 1.82) is 0 Å². The molecule has 5 heteroatoms. The Balaban J connectivity index is 1.88. The molecule has 0 bridgehead atoms. The van der Waals surface area contributed by atoms with E-state index in [2.05, 4.69) is 39.7 Å². The fourth-order valence-corrected chi connectivity index (χ4v) is 2.71. The summed E-state index contributed by atoms with van der Waals surface area (Å²) in [5.41, 5.74) is 0. The van der Waals surface area contributed by atoms with Crippen LogP contribution < -0.4 is 5.32 Å². The monoisotopic (exact) mass is 262 g/mol. The standard InChI is InChI=1S/C13H18N4S/c1-14-11(8-13-15-10-16-17(13)2)9-18-12-6-4-3-5-7-12/h3-7,10-11,14H,8-9H2,1-2H3. The van der Waals surface area contributed by atoms with Crippen LogP contribution in [0, 0.1) is 0 Å². The van der Waals surface area contributed by atoms with Crippen molar-refractivity contribution in [2.24, 2.45) is 7.05 Å². The largest absolute Gasteiger partial charge is 0.316 e. The van der Waals surface area contributed by atoms with Crippen LogP contribution in [0.25, 0.3) is 0 Å². The average molecular weight is 262 g/mol. The van der Waals surface area contributed by atoms with Crippen LogP contribution in [0.2, 0.25) is 0 Å². The van der Waals surface area contributed by atoms with Gasteiger partial charge < -0.3 is 5.32 Å². The zero-order valence-electron chi connectivity index (χ0n) is 10.7. The van der Waals surface area contributed by atoms with E-state index in [9.17, 15) is 0 Å². The fourth-order valence-electron chi connectivity index (χ4n) is 1.68. The van der Waals surface area contributed by atoms with Gasteiger partial charge in [-0.15, -0.1) is 11.8 Å². The Morgan fingerprint density at radius 2 is 2.11 bits per heavy atom. The first-order valence-corrected chi connectivity index (χ1v) is 6.96. The third-order valence-corrected chi connectivity index (χ3v) is 4.01. The van der Waals surface area contributed by atoms with Crippen molar-refractivity contribution < 1.29 is 0 Å². The van der Waals surface area contributed by atoms with E-state index in [0.717, 1.165) is 18.0 Å². The lowest BCUT2D eigenvalue weighted by atomic mass is 10.2. The second-order valence-corrected chi connectivity index (χ2v) is 5.21. The van der Waals surface area contributed by atoms with Crippen LogP contribution in [0.15, 0.2) is 41.6 Å². The molecule has 2 rings (SSSR count). The van der Waals surface area contributed by atoms with Gasteiger partial charge >= 0.3 is 0 Å². The molecule has 0 aliphatic carbocycles. The molecule has 2 aromatic rings. The number of hydrogen-bond acceptors (Lipinski definition) is 4. The van der Waals surface area contributed by atoms with Crippen LogP contribution in [0.1, 0.15) is 5.82 Å². The van der Waals surface area contributed by atoms with Crippen LogP contribution in [0.3, 0.4) is 0 Å². The van der Waals surface area contributed by atoms with Gasteiger partial charge in [-0.1, -0.05) is 18.2 Å². The molecule has 0 saturated heterocycles. The van der Waals surface area contributed by atoms with Gasteiger partial charge in [-0.05, 0) is 19.2 Å². The van der Waals surface area contributed by atoms with Crippen molar-refractivity contribution in [1.82, 2.24) is 20.1 Å². The van der Waals surface area contributed by atoms with E-state index in [4.69, 9.17) is 0 Å². The summed E-state index contributed by atoms with van der Waals surface area (Å²) in [7, 11) is 3.92. The van der Waals surface area contributed by atoms with Crippen molar-refractivity contribution in [3.05, 3.63) is 42.5 Å². The zero-order chi connectivity index (χ0) is 12.8. The maximum Gasteiger partial charge on any atom is 0.138 e. The average Bonchev–Trinajstić information content (AvgIpc) is 2.81. The Bertz CT molecular complexity index is 469. The van der Waals surface area contributed by atoms with E-state index in [1.807, 2.05) is 36.6 Å². The Morgan fingerprint density at radius 3 is 2.72 bits per heavy atom. The molecular formula is C13H18N4S. The van der Waals surface area contributed by atoms with Gasteiger partial charge in [0.15, 0.2) is 0 Å². The molecule has 1 N–H and O–H groups in total. The normalized spacial score (nSPS) is 12.6. The number of aromatic nitrogens is 3. The summed E-state index contributed by atoms with van der Waals surface area (Å²) >= 11 is 1.86. The van der Waals surface area contributed by atoms with Gasteiger partial charge in [-0.2, -0.15) is 5.10 Å². The lowest BCUT2D eigenvalue weighted by Crippen LogP contribution is -2.31. The van der Waals surface area contributed by atoms with Crippen molar-refractivity contribution in [2.75, 3.05) is 12.8 Å². The number of nitrogens with one attached hydrogen (secondary N) is 1. The smallest absolute Gasteiger partial charge is 0.138 e. The molecule has 0 saturated carbocycles. The Kier molecular flexibility index (Phi) is 4.78. The summed E-state index contributed by atoms with van der Waals surface area (Å²) in [6, 6.07) is 10.9. The van der Waals surface area contributed by atoms with Gasteiger partial charge in [0.2, 0.25) is 0 Å². The lowest BCUT2D eigenvalue weighted by molar-refractivity contribution is 0.573. The van der Waals surface area contributed by atoms with E-state index in [1.165, 1.54) is 4.90 Å². The van der Waals surface area contributed by atoms with Gasteiger partial charge in [0.25, 0.3) is 0 Å². The molecule has 1 atom stereocenters. The predicted octanol–water partition coefficient (Wildman–Crippen LogP) is 1.74. The summed E-state index contributed by atoms with van der Waals surface area (Å²) in [5.74, 6) is 2.04. The number of hydrogen-bond donors (Lipinski definition) is 1. The maximum absolute atomic E-state index is 4.26. The van der Waals surface area contributed by atoms with Gasteiger partial charge in [0.05, 0.1) is 0 Å². The first-order chi connectivity index (χ1) is 8.79. The van der Waals surface area contributed by atoms with Gasteiger partial charge in [0.1, 0.15) is 12.2 Å². The van der Waals surface area contributed by atoms with Gasteiger partial charge in [0, 0.05) is 30.2 Å². The molecule has 0 aliphatic heterocycles. The summed E-state index contributed by atoms with van der Waals surface area (Å²) in [6.45, 7) is 0. The molecule has 1 heterocycles. The molecular weight excluding hydrogens is 244 g/mol. The number of likely N-dealkylation sites (N-methyl/N-ethyl adjacent to an activating group) is 1. The highest BCUT2D eigenvalue weighted by Gasteiger charge is 2.11. The molecule has 0 spiro atoms. The van der Waals surface area contributed by atoms with Crippen molar-refractivity contribution in [3.63, 3.8) is 0 Å². The van der Waals surface area contributed by atoms with E-state index in [1.54, 1.807) is 6.33 Å². The SMILES string of the molecule is CNC(CSc1ccccc1)Cc1ncnn1C. The molecule has 0 fully saturated rings. The number of rotatable bonds is 6. The van der Waals surface area contributed by atoms with Gasteiger partial charge in [-0.25, -0.2) is 4.98 Å². The van der Waals surface area contributed by atoms with Crippen LogP contribution in [0.5, 0.6) is 0 Å². The Morgan fingerprint density at radius 1 is 1.33 bits per heavy atom. The Hall–Kier alpha value is -1.33. The second-order valence-electron chi connectivity index (χ2n) is 4.11. The van der Waals surface area contributed by atoms with Crippen LogP contribution >= 0.6 is 11.8 Å². The quantitative estimate of drug-likeness (QED) is 0.805. The highest BCUT2D eigenvalue weighted by Crippen LogP contribution is 2.18. The Labute approximate surface area is 112 Å². The van der Waals surface area contributed by atoms with Crippen molar-refractivity contribution >= 4 is 11.8 Å². The summed E-state index contributed by atoms with van der Waals surface area (Å²) < 4.78 is 1.83. The third-order valence-electron chi connectivity index (χ3n) is 2.84. The van der Waals surface area contributed by atoms with E-state index in [0.29, 0.717) is 6.04 Å². The molecule has 0 radical (unpaired) electrons. The maximum atomic E-state index is 4.26. The fraction of sp³-hybridized carbons (Fsp3) is 0.385.